The minimum absolute atomic E-state index is 0.262. The Balaban J connectivity index is 1.35. The molecule has 0 saturated carbocycles. The number of benzene rings is 1. The smallest absolute Gasteiger partial charge is 0.193 e. The van der Waals surface area contributed by atoms with E-state index in [0.717, 1.165) is 51.7 Å². The summed E-state index contributed by atoms with van der Waals surface area (Å²) in [6.07, 6.45) is 1.30. The lowest BCUT2D eigenvalue weighted by atomic mass is 10.1. The van der Waals surface area contributed by atoms with Crippen molar-refractivity contribution < 1.29 is 4.74 Å². The molecule has 6 heteroatoms. The van der Waals surface area contributed by atoms with Crippen LogP contribution in [0.3, 0.4) is 0 Å². The third-order valence-corrected chi connectivity index (χ3v) is 6.33. The monoisotopic (exact) mass is 384 g/mol. The molecule has 1 aromatic heterocycles. The Hall–Kier alpha value is -1.89. The molecular weight excluding hydrogens is 356 g/mol. The molecule has 0 radical (unpaired) electrons. The fourth-order valence-electron chi connectivity index (χ4n) is 4.03. The second-order valence-electron chi connectivity index (χ2n) is 7.14. The van der Waals surface area contributed by atoms with Gasteiger partial charge >= 0.3 is 0 Å². The predicted octanol–water partition coefficient (Wildman–Crippen LogP) is 2.45. The van der Waals surface area contributed by atoms with Gasteiger partial charge in [0.15, 0.2) is 5.96 Å². The number of thiophene rings is 1. The van der Waals surface area contributed by atoms with Crippen LogP contribution in [-0.4, -0.2) is 67.7 Å². The number of morpholine rings is 1. The van der Waals surface area contributed by atoms with Crippen LogP contribution in [0.2, 0.25) is 0 Å². The highest BCUT2D eigenvalue weighted by atomic mass is 32.1. The number of nitrogens with zero attached hydrogens (tertiary/aromatic N) is 3. The zero-order chi connectivity index (χ0) is 18.5. The lowest BCUT2D eigenvalue weighted by Crippen LogP contribution is -2.50. The predicted molar refractivity (Wildman–Crippen MR) is 111 cm³/mol. The largest absolute Gasteiger partial charge is 0.373 e. The van der Waals surface area contributed by atoms with Crippen LogP contribution >= 0.6 is 11.3 Å². The van der Waals surface area contributed by atoms with Gasteiger partial charge in [-0.3, -0.25) is 9.89 Å². The van der Waals surface area contributed by atoms with Gasteiger partial charge in [0, 0.05) is 44.6 Å². The van der Waals surface area contributed by atoms with Crippen molar-refractivity contribution in [1.82, 2.24) is 15.1 Å². The van der Waals surface area contributed by atoms with Crippen molar-refractivity contribution in [3.8, 4) is 0 Å². The molecular formula is C21H28N4OS. The quantitative estimate of drug-likeness (QED) is 0.635. The Kier molecular flexibility index (Phi) is 6.07. The molecule has 1 N–H and O–H groups in total. The fraction of sp³-hybridized carbons (Fsp3) is 0.476. The summed E-state index contributed by atoms with van der Waals surface area (Å²) in [5.41, 5.74) is 1.37. The Morgan fingerprint density at radius 2 is 2.11 bits per heavy atom. The second kappa shape index (κ2) is 8.87. The summed E-state index contributed by atoms with van der Waals surface area (Å²) >= 11 is 1.81. The highest BCUT2D eigenvalue weighted by molar-refractivity contribution is 7.09. The molecule has 0 amide bonds. The Bertz CT molecular complexity index is 734. The van der Waals surface area contributed by atoms with Crippen molar-refractivity contribution in [3.63, 3.8) is 0 Å². The number of guanidine groups is 1. The summed E-state index contributed by atoms with van der Waals surface area (Å²) in [5, 5.41) is 5.67. The maximum atomic E-state index is 6.09. The van der Waals surface area contributed by atoms with Crippen LogP contribution in [0.4, 0.5) is 0 Å². The van der Waals surface area contributed by atoms with E-state index < -0.39 is 0 Å². The van der Waals surface area contributed by atoms with Gasteiger partial charge in [-0.05, 0) is 23.4 Å². The third-order valence-electron chi connectivity index (χ3n) is 5.39. The fourth-order valence-corrected chi connectivity index (χ4v) is 4.74. The molecule has 0 spiro atoms. The zero-order valence-electron chi connectivity index (χ0n) is 15.9. The minimum Gasteiger partial charge on any atom is -0.373 e. The lowest BCUT2D eigenvalue weighted by molar-refractivity contribution is -0.0502. The first-order valence-electron chi connectivity index (χ1n) is 9.71. The van der Waals surface area contributed by atoms with E-state index in [0.29, 0.717) is 6.04 Å². The van der Waals surface area contributed by atoms with E-state index >= 15 is 0 Å². The molecule has 0 bridgehead atoms. The van der Waals surface area contributed by atoms with E-state index in [1.807, 2.05) is 18.4 Å². The molecule has 27 heavy (non-hydrogen) atoms. The van der Waals surface area contributed by atoms with Crippen LogP contribution in [0.1, 0.15) is 10.4 Å². The molecule has 144 valence electrons. The summed E-state index contributed by atoms with van der Waals surface area (Å²) < 4.78 is 6.09. The number of nitrogens with one attached hydrogen (secondary N) is 1. The molecule has 2 fully saturated rings. The average molecular weight is 385 g/mol. The first kappa shape index (κ1) is 18.5. The van der Waals surface area contributed by atoms with Crippen molar-refractivity contribution in [2.24, 2.45) is 4.99 Å². The first-order chi connectivity index (χ1) is 13.3. The number of ether oxygens (including phenoxy) is 1. The second-order valence-corrected chi connectivity index (χ2v) is 8.17. The molecule has 1 aromatic carbocycles. The number of hydrogen-bond donors (Lipinski definition) is 1. The van der Waals surface area contributed by atoms with Crippen molar-refractivity contribution in [2.75, 3.05) is 39.8 Å². The first-order valence-corrected chi connectivity index (χ1v) is 10.6. The number of fused-ring (bicyclic) bond motifs is 1. The van der Waals surface area contributed by atoms with Gasteiger partial charge in [-0.2, -0.15) is 0 Å². The van der Waals surface area contributed by atoms with Gasteiger partial charge in [-0.25, -0.2) is 0 Å². The topological polar surface area (TPSA) is 40.1 Å². The van der Waals surface area contributed by atoms with Crippen molar-refractivity contribution in [1.29, 1.82) is 0 Å². The van der Waals surface area contributed by atoms with Gasteiger partial charge in [0.2, 0.25) is 0 Å². The summed E-state index contributed by atoms with van der Waals surface area (Å²) in [6.45, 7) is 5.59. The molecule has 4 rings (SSSR count). The maximum absolute atomic E-state index is 6.09. The van der Waals surface area contributed by atoms with Crippen molar-refractivity contribution in [3.05, 3.63) is 58.3 Å². The van der Waals surface area contributed by atoms with Crippen LogP contribution < -0.4 is 5.32 Å². The Morgan fingerprint density at radius 3 is 2.89 bits per heavy atom. The highest BCUT2D eigenvalue weighted by Gasteiger charge is 2.41. The van der Waals surface area contributed by atoms with Crippen LogP contribution in [0.15, 0.2) is 52.8 Å². The molecule has 2 atom stereocenters. The summed E-state index contributed by atoms with van der Waals surface area (Å²) in [7, 11) is 1.87. The molecule has 2 aliphatic rings. The standard InChI is InChI=1S/C21H28N4OS/c1-22-21(23-10-9-18-8-5-13-27-18)25-15-19-20(16-25)26-12-11-24(19)14-17-6-3-2-4-7-17/h2-8,13,19-20H,9-12,14-16H2,1H3,(H,22,23). The SMILES string of the molecule is CN=C(NCCc1cccs1)N1CC2OCCN(Cc3ccccc3)C2C1. The molecule has 0 aliphatic carbocycles. The zero-order valence-corrected chi connectivity index (χ0v) is 16.7. The van der Waals surface area contributed by atoms with E-state index in [9.17, 15) is 0 Å². The van der Waals surface area contributed by atoms with Gasteiger partial charge in [0.05, 0.1) is 18.8 Å². The van der Waals surface area contributed by atoms with E-state index in [1.165, 1.54) is 10.4 Å². The van der Waals surface area contributed by atoms with Crippen molar-refractivity contribution >= 4 is 17.3 Å². The van der Waals surface area contributed by atoms with E-state index in [1.54, 1.807) is 0 Å². The van der Waals surface area contributed by atoms with Gasteiger partial charge in [-0.1, -0.05) is 36.4 Å². The molecule has 5 nitrogen and oxygen atoms in total. The van der Waals surface area contributed by atoms with Gasteiger partial charge in [-0.15, -0.1) is 11.3 Å². The van der Waals surface area contributed by atoms with Crippen LogP contribution in [0.5, 0.6) is 0 Å². The molecule has 2 saturated heterocycles. The Morgan fingerprint density at radius 1 is 1.22 bits per heavy atom. The van der Waals surface area contributed by atoms with Crippen molar-refractivity contribution in [2.45, 2.75) is 25.1 Å². The summed E-state index contributed by atoms with van der Waals surface area (Å²) in [5.74, 6) is 0.990. The molecule has 2 aromatic rings. The van der Waals surface area contributed by atoms with E-state index in [2.05, 4.69) is 68.0 Å². The number of likely N-dealkylation sites (tertiary alicyclic amines) is 1. The normalized spacial score (nSPS) is 23.4. The van der Waals surface area contributed by atoms with Gasteiger partial charge in [0.25, 0.3) is 0 Å². The maximum Gasteiger partial charge on any atom is 0.193 e. The lowest BCUT2D eigenvalue weighted by Gasteiger charge is -2.36. The molecule has 2 aliphatic heterocycles. The molecule has 2 unspecified atom stereocenters. The Labute approximate surface area is 165 Å². The number of aliphatic imine (C=N–C) groups is 1. The summed E-state index contributed by atoms with van der Waals surface area (Å²) in [4.78, 5) is 10.9. The van der Waals surface area contributed by atoms with Crippen LogP contribution in [0.25, 0.3) is 0 Å². The van der Waals surface area contributed by atoms with Crippen LogP contribution in [-0.2, 0) is 17.7 Å². The molecule has 3 heterocycles. The van der Waals surface area contributed by atoms with Gasteiger partial charge < -0.3 is 15.0 Å². The minimum atomic E-state index is 0.262. The highest BCUT2D eigenvalue weighted by Crippen LogP contribution is 2.24. The van der Waals surface area contributed by atoms with Crippen LogP contribution in [0, 0.1) is 0 Å². The third kappa shape index (κ3) is 4.51. The van der Waals surface area contributed by atoms with Gasteiger partial charge in [0.1, 0.15) is 0 Å². The summed E-state index contributed by atoms with van der Waals surface area (Å²) in [6, 6.07) is 15.5. The van der Waals surface area contributed by atoms with E-state index in [4.69, 9.17) is 4.74 Å². The average Bonchev–Trinajstić information content (AvgIpc) is 3.36. The number of rotatable bonds is 5. The number of hydrogen-bond acceptors (Lipinski definition) is 4. The van der Waals surface area contributed by atoms with E-state index in [-0.39, 0.29) is 6.10 Å².